The molecular weight excluding hydrogens is 258 g/mol. The van der Waals surface area contributed by atoms with E-state index < -0.39 is 0 Å². The molecule has 0 bridgehead atoms. The minimum atomic E-state index is -0.0297. The lowest BCUT2D eigenvalue weighted by molar-refractivity contribution is 0.399. The number of rotatable bonds is 1. The third-order valence-corrected chi connectivity index (χ3v) is 3.54. The largest absolute Gasteiger partial charge is 0.361 e. The predicted molar refractivity (Wildman–Crippen MR) is 71.5 cm³/mol. The van der Waals surface area contributed by atoms with Crippen molar-refractivity contribution in [3.05, 3.63) is 39.5 Å². The molecule has 2 N–H and O–H groups in total. The van der Waals surface area contributed by atoms with Crippen LogP contribution in [-0.4, -0.2) is 26.3 Å². The van der Waals surface area contributed by atoms with E-state index in [0.717, 1.165) is 29.3 Å². The first-order valence-corrected chi connectivity index (χ1v) is 6.50. The molecule has 4 heterocycles. The SMILES string of the molecule is Cc1cc(-c2cc3nc4c(c(=O)n3[nH]2)CCNC4)no1. The van der Waals surface area contributed by atoms with Crippen LogP contribution in [-0.2, 0) is 13.0 Å². The minimum absolute atomic E-state index is 0.0297. The van der Waals surface area contributed by atoms with Crippen LogP contribution in [0.25, 0.3) is 17.0 Å². The second-order valence-corrected chi connectivity index (χ2v) is 4.96. The van der Waals surface area contributed by atoms with Crippen molar-refractivity contribution in [1.82, 2.24) is 25.1 Å². The summed E-state index contributed by atoms with van der Waals surface area (Å²) in [5.41, 5.74) is 3.59. The molecule has 0 aliphatic carbocycles. The van der Waals surface area contributed by atoms with Crippen molar-refractivity contribution in [2.75, 3.05) is 6.54 Å². The van der Waals surface area contributed by atoms with Gasteiger partial charge in [0.15, 0.2) is 5.65 Å². The average molecular weight is 271 g/mol. The Kier molecular flexibility index (Phi) is 2.31. The number of H-pyrrole nitrogens is 1. The molecule has 20 heavy (non-hydrogen) atoms. The zero-order valence-electron chi connectivity index (χ0n) is 10.9. The van der Waals surface area contributed by atoms with Crippen LogP contribution in [0, 0.1) is 6.92 Å². The number of hydrogen-bond acceptors (Lipinski definition) is 5. The normalized spacial score (nSPS) is 14.7. The molecule has 0 fully saturated rings. The summed E-state index contributed by atoms with van der Waals surface area (Å²) in [7, 11) is 0. The highest BCUT2D eigenvalue weighted by molar-refractivity contribution is 5.60. The fourth-order valence-corrected chi connectivity index (χ4v) is 2.55. The summed E-state index contributed by atoms with van der Waals surface area (Å²) >= 11 is 0. The molecule has 7 nitrogen and oxygen atoms in total. The molecule has 0 aromatic carbocycles. The Hall–Kier alpha value is -2.41. The molecule has 3 aromatic rings. The number of nitrogens with one attached hydrogen (secondary N) is 2. The Morgan fingerprint density at radius 3 is 3.10 bits per heavy atom. The zero-order valence-corrected chi connectivity index (χ0v) is 10.9. The van der Waals surface area contributed by atoms with Crippen LogP contribution in [0.5, 0.6) is 0 Å². The van der Waals surface area contributed by atoms with Gasteiger partial charge in [-0.15, -0.1) is 0 Å². The predicted octanol–water partition coefficient (Wildman–Crippen LogP) is 0.632. The molecule has 0 saturated carbocycles. The van der Waals surface area contributed by atoms with Crippen molar-refractivity contribution in [1.29, 1.82) is 0 Å². The van der Waals surface area contributed by atoms with Crippen molar-refractivity contribution >= 4 is 5.65 Å². The van der Waals surface area contributed by atoms with Crippen molar-refractivity contribution in [3.8, 4) is 11.4 Å². The van der Waals surface area contributed by atoms with Gasteiger partial charge in [0.05, 0.1) is 11.4 Å². The summed E-state index contributed by atoms with van der Waals surface area (Å²) in [5, 5.41) is 10.2. The highest BCUT2D eigenvalue weighted by Gasteiger charge is 2.18. The Balaban J connectivity index is 1.95. The molecule has 0 amide bonds. The van der Waals surface area contributed by atoms with E-state index in [2.05, 4.69) is 20.6 Å². The highest BCUT2D eigenvalue weighted by atomic mass is 16.5. The highest BCUT2D eigenvalue weighted by Crippen LogP contribution is 2.19. The summed E-state index contributed by atoms with van der Waals surface area (Å²) in [6.45, 7) is 3.28. The molecule has 3 aromatic heterocycles. The first kappa shape index (κ1) is 11.4. The first-order valence-electron chi connectivity index (χ1n) is 6.50. The van der Waals surface area contributed by atoms with Gasteiger partial charge in [0.1, 0.15) is 11.5 Å². The lowest BCUT2D eigenvalue weighted by atomic mass is 10.1. The van der Waals surface area contributed by atoms with Crippen LogP contribution in [0.4, 0.5) is 0 Å². The molecule has 0 radical (unpaired) electrons. The Morgan fingerprint density at radius 1 is 1.40 bits per heavy atom. The number of hydrogen-bond donors (Lipinski definition) is 2. The van der Waals surface area contributed by atoms with Gasteiger partial charge < -0.3 is 9.84 Å². The maximum Gasteiger partial charge on any atom is 0.276 e. The number of aryl methyl sites for hydroxylation is 1. The van der Waals surface area contributed by atoms with Crippen molar-refractivity contribution < 1.29 is 4.52 Å². The molecular formula is C13H13N5O2. The van der Waals surface area contributed by atoms with E-state index in [1.54, 1.807) is 0 Å². The fraction of sp³-hybridized carbons (Fsp3) is 0.308. The van der Waals surface area contributed by atoms with Gasteiger partial charge in [-0.05, 0) is 19.9 Å². The monoisotopic (exact) mass is 271 g/mol. The van der Waals surface area contributed by atoms with Gasteiger partial charge in [-0.3, -0.25) is 9.89 Å². The number of aromatic amines is 1. The van der Waals surface area contributed by atoms with Gasteiger partial charge >= 0.3 is 0 Å². The molecule has 7 heteroatoms. The molecule has 1 aliphatic heterocycles. The van der Waals surface area contributed by atoms with E-state index in [9.17, 15) is 4.79 Å². The van der Waals surface area contributed by atoms with Crippen molar-refractivity contribution in [2.24, 2.45) is 0 Å². The van der Waals surface area contributed by atoms with Gasteiger partial charge in [-0.1, -0.05) is 5.16 Å². The lowest BCUT2D eigenvalue weighted by Crippen LogP contribution is -2.32. The zero-order chi connectivity index (χ0) is 13.7. The van der Waals surface area contributed by atoms with Gasteiger partial charge in [-0.2, -0.15) is 0 Å². The van der Waals surface area contributed by atoms with Crippen molar-refractivity contribution in [3.63, 3.8) is 0 Å². The summed E-state index contributed by atoms with van der Waals surface area (Å²) < 4.78 is 6.53. The minimum Gasteiger partial charge on any atom is -0.361 e. The quantitative estimate of drug-likeness (QED) is 0.677. The van der Waals surface area contributed by atoms with Crippen LogP contribution in [0.1, 0.15) is 17.0 Å². The van der Waals surface area contributed by atoms with E-state index in [1.165, 1.54) is 4.52 Å². The second kappa shape index (κ2) is 4.04. The molecule has 1 aliphatic rings. The van der Waals surface area contributed by atoms with Gasteiger partial charge in [0, 0.05) is 24.2 Å². The number of nitrogens with zero attached hydrogens (tertiary/aromatic N) is 3. The molecule has 4 rings (SSSR count). The van der Waals surface area contributed by atoms with E-state index in [4.69, 9.17) is 4.52 Å². The van der Waals surface area contributed by atoms with Gasteiger partial charge in [-0.25, -0.2) is 9.50 Å². The number of fused-ring (bicyclic) bond motifs is 2. The smallest absolute Gasteiger partial charge is 0.276 e. The van der Waals surface area contributed by atoms with Gasteiger partial charge in [0.2, 0.25) is 0 Å². The summed E-state index contributed by atoms with van der Waals surface area (Å²) in [4.78, 5) is 17.0. The van der Waals surface area contributed by atoms with Crippen LogP contribution < -0.4 is 10.9 Å². The molecule has 0 spiro atoms. The van der Waals surface area contributed by atoms with Gasteiger partial charge in [0.25, 0.3) is 5.56 Å². The van der Waals surface area contributed by atoms with E-state index in [1.807, 2.05) is 19.1 Å². The molecule has 0 saturated heterocycles. The summed E-state index contributed by atoms with van der Waals surface area (Å²) in [6.07, 6.45) is 0.710. The first-order chi connectivity index (χ1) is 9.72. The standard InChI is InChI=1S/C13H13N5O2/c1-7-4-10(17-20-7)9-5-12-15-11-6-14-3-2-8(11)13(19)18(12)16-9/h4-5,14,16H,2-3,6H2,1H3. The summed E-state index contributed by atoms with van der Waals surface area (Å²) in [6, 6.07) is 3.63. The lowest BCUT2D eigenvalue weighted by Gasteiger charge is -2.14. The number of aromatic nitrogens is 4. The third kappa shape index (κ3) is 1.60. The Morgan fingerprint density at radius 2 is 2.30 bits per heavy atom. The maximum atomic E-state index is 12.4. The third-order valence-electron chi connectivity index (χ3n) is 3.54. The average Bonchev–Trinajstić information content (AvgIpc) is 3.05. The van der Waals surface area contributed by atoms with E-state index >= 15 is 0 Å². The maximum absolute atomic E-state index is 12.4. The van der Waals surface area contributed by atoms with Crippen molar-refractivity contribution in [2.45, 2.75) is 19.9 Å². The molecule has 102 valence electrons. The molecule has 0 unspecified atom stereocenters. The Labute approximate surface area is 113 Å². The topological polar surface area (TPSA) is 88.2 Å². The van der Waals surface area contributed by atoms with E-state index in [0.29, 0.717) is 24.3 Å². The summed E-state index contributed by atoms with van der Waals surface area (Å²) in [5.74, 6) is 0.724. The van der Waals surface area contributed by atoms with Crippen LogP contribution in [0.2, 0.25) is 0 Å². The van der Waals surface area contributed by atoms with Crippen LogP contribution in [0.15, 0.2) is 21.5 Å². The fourth-order valence-electron chi connectivity index (χ4n) is 2.55. The van der Waals surface area contributed by atoms with Crippen LogP contribution in [0.3, 0.4) is 0 Å². The van der Waals surface area contributed by atoms with Crippen LogP contribution >= 0.6 is 0 Å². The second-order valence-electron chi connectivity index (χ2n) is 4.96. The van der Waals surface area contributed by atoms with E-state index in [-0.39, 0.29) is 5.56 Å². The molecule has 0 atom stereocenters. The Bertz CT molecular complexity index is 857.